The van der Waals surface area contributed by atoms with Gasteiger partial charge in [-0.2, -0.15) is 0 Å². The lowest BCUT2D eigenvalue weighted by Gasteiger charge is -2.45. The molecule has 5 rings (SSSR count). The highest BCUT2D eigenvalue weighted by atomic mass is 19.1. The summed E-state index contributed by atoms with van der Waals surface area (Å²) in [7, 11) is 0. The number of carboxylic acid groups (broad SMARTS) is 1. The quantitative estimate of drug-likeness (QED) is 0.661. The molecule has 1 spiro atoms. The molecule has 2 aromatic carbocycles. The third-order valence-corrected chi connectivity index (χ3v) is 7.50. The number of rotatable bonds is 6. The van der Waals surface area contributed by atoms with Crippen LogP contribution >= 0.6 is 0 Å². The molecule has 186 valence electrons. The van der Waals surface area contributed by atoms with Gasteiger partial charge in [-0.3, -0.25) is 9.69 Å². The summed E-state index contributed by atoms with van der Waals surface area (Å²) in [4.78, 5) is 21.9. The normalized spacial score (nSPS) is 20.8. The van der Waals surface area contributed by atoms with E-state index in [0.717, 1.165) is 54.3 Å². The van der Waals surface area contributed by atoms with E-state index in [9.17, 15) is 14.3 Å². The number of nitrogens with zero attached hydrogens (tertiary/aromatic N) is 3. The first-order chi connectivity index (χ1) is 16.8. The van der Waals surface area contributed by atoms with E-state index in [1.54, 1.807) is 12.1 Å². The Hall–Kier alpha value is -3.13. The second kappa shape index (κ2) is 9.15. The summed E-state index contributed by atoms with van der Waals surface area (Å²) in [5.74, 6) is 0.772. The van der Waals surface area contributed by atoms with Crippen molar-refractivity contribution in [2.24, 2.45) is 10.6 Å². The number of hydrogen-bond donors (Lipinski definition) is 1. The van der Waals surface area contributed by atoms with Crippen molar-refractivity contribution in [2.75, 3.05) is 32.8 Å². The summed E-state index contributed by atoms with van der Waals surface area (Å²) < 4.78 is 19.2. The molecule has 35 heavy (non-hydrogen) atoms. The predicted octanol–water partition coefficient (Wildman–Crippen LogP) is 4.37. The number of amidine groups is 1. The number of piperidine rings is 1. The van der Waals surface area contributed by atoms with E-state index in [4.69, 9.17) is 9.57 Å². The number of carboxylic acids is 1. The van der Waals surface area contributed by atoms with Crippen LogP contribution in [0.1, 0.15) is 38.7 Å². The number of carbonyl (C=O) groups is 1. The van der Waals surface area contributed by atoms with Crippen LogP contribution < -0.4 is 4.74 Å². The van der Waals surface area contributed by atoms with Gasteiger partial charge in [0.05, 0.1) is 18.4 Å². The molecule has 2 saturated heterocycles. The van der Waals surface area contributed by atoms with Gasteiger partial charge in [0.25, 0.3) is 0 Å². The van der Waals surface area contributed by atoms with Crippen molar-refractivity contribution >= 4 is 11.8 Å². The Morgan fingerprint density at radius 2 is 1.89 bits per heavy atom. The van der Waals surface area contributed by atoms with Gasteiger partial charge in [0.15, 0.2) is 5.60 Å². The van der Waals surface area contributed by atoms with Crippen LogP contribution in [-0.4, -0.2) is 65.1 Å². The van der Waals surface area contributed by atoms with Crippen molar-refractivity contribution in [3.05, 3.63) is 53.8 Å². The maximum Gasteiger partial charge on any atom is 0.309 e. The first-order valence-corrected chi connectivity index (χ1v) is 12.3. The predicted molar refractivity (Wildman–Crippen MR) is 131 cm³/mol. The molecule has 3 heterocycles. The van der Waals surface area contributed by atoms with Gasteiger partial charge in [0.1, 0.15) is 17.4 Å². The van der Waals surface area contributed by atoms with Crippen LogP contribution in [0.2, 0.25) is 0 Å². The lowest BCUT2D eigenvalue weighted by atomic mass is 9.80. The molecular weight excluding hydrogens is 449 g/mol. The molecule has 0 atom stereocenters. The molecule has 7 nitrogen and oxygen atoms in total. The van der Waals surface area contributed by atoms with Gasteiger partial charge in [-0.15, -0.1) is 0 Å². The van der Waals surface area contributed by atoms with Crippen molar-refractivity contribution < 1.29 is 23.9 Å². The molecule has 1 N–H and O–H groups in total. The van der Waals surface area contributed by atoms with Gasteiger partial charge >= 0.3 is 5.97 Å². The van der Waals surface area contributed by atoms with Crippen LogP contribution in [0, 0.1) is 11.2 Å². The maximum absolute atomic E-state index is 13.3. The minimum Gasteiger partial charge on any atom is -0.493 e. The second-order valence-corrected chi connectivity index (χ2v) is 10.2. The molecule has 0 aliphatic carbocycles. The fraction of sp³-hybridized carbons (Fsp3) is 0.481. The maximum atomic E-state index is 13.3. The summed E-state index contributed by atoms with van der Waals surface area (Å²) >= 11 is 0. The number of hydrogen-bond acceptors (Lipinski definition) is 6. The topological polar surface area (TPSA) is 74.6 Å². The SMILES string of the molecule is CCOc1cc(CN2CC3(CC(N4CCC(C)(C(=O)O)CC4)=NO3)C2)ccc1-c1ccc(F)cc1. The number of ether oxygens (including phenoxy) is 1. The highest BCUT2D eigenvalue weighted by molar-refractivity contribution is 5.85. The Labute approximate surface area is 205 Å². The van der Waals surface area contributed by atoms with Crippen LogP contribution in [0.4, 0.5) is 4.39 Å². The highest BCUT2D eigenvalue weighted by Gasteiger charge is 2.51. The molecule has 3 aliphatic rings. The molecule has 2 fully saturated rings. The third kappa shape index (κ3) is 4.72. The van der Waals surface area contributed by atoms with Crippen molar-refractivity contribution in [2.45, 2.75) is 45.3 Å². The Morgan fingerprint density at radius 3 is 2.54 bits per heavy atom. The van der Waals surface area contributed by atoms with Gasteiger partial charge in [0.2, 0.25) is 0 Å². The molecule has 0 amide bonds. The van der Waals surface area contributed by atoms with Crippen molar-refractivity contribution in [1.29, 1.82) is 0 Å². The third-order valence-electron chi connectivity index (χ3n) is 7.50. The second-order valence-electron chi connectivity index (χ2n) is 10.2. The van der Waals surface area contributed by atoms with E-state index >= 15 is 0 Å². The summed E-state index contributed by atoms with van der Waals surface area (Å²) in [5.41, 5.74) is 2.11. The van der Waals surface area contributed by atoms with Gasteiger partial charge in [0, 0.05) is 38.3 Å². The average Bonchev–Trinajstić information content (AvgIpc) is 3.26. The van der Waals surface area contributed by atoms with E-state index in [0.29, 0.717) is 32.5 Å². The van der Waals surface area contributed by atoms with Gasteiger partial charge in [-0.05, 0) is 56.0 Å². The zero-order valence-corrected chi connectivity index (χ0v) is 20.3. The van der Waals surface area contributed by atoms with E-state index in [-0.39, 0.29) is 11.4 Å². The molecule has 0 radical (unpaired) electrons. The number of likely N-dealkylation sites (tertiary alicyclic amines) is 2. The van der Waals surface area contributed by atoms with Gasteiger partial charge < -0.3 is 19.6 Å². The van der Waals surface area contributed by atoms with E-state index in [1.165, 1.54) is 12.1 Å². The van der Waals surface area contributed by atoms with E-state index in [1.807, 2.05) is 19.9 Å². The fourth-order valence-electron chi connectivity index (χ4n) is 5.26. The molecule has 0 aromatic heterocycles. The molecule has 2 aromatic rings. The number of benzene rings is 2. The van der Waals surface area contributed by atoms with Crippen LogP contribution in [0.3, 0.4) is 0 Å². The molecule has 8 heteroatoms. The number of oxime groups is 1. The minimum atomic E-state index is -0.717. The summed E-state index contributed by atoms with van der Waals surface area (Å²) in [6, 6.07) is 12.7. The van der Waals surface area contributed by atoms with Gasteiger partial charge in [-0.1, -0.05) is 29.4 Å². The smallest absolute Gasteiger partial charge is 0.309 e. The Morgan fingerprint density at radius 1 is 1.17 bits per heavy atom. The Balaban J connectivity index is 1.17. The Bertz CT molecular complexity index is 1120. The zero-order valence-electron chi connectivity index (χ0n) is 20.3. The zero-order chi connectivity index (χ0) is 24.6. The first-order valence-electron chi connectivity index (χ1n) is 12.3. The van der Waals surface area contributed by atoms with Crippen LogP contribution in [0.5, 0.6) is 5.75 Å². The summed E-state index contributed by atoms with van der Waals surface area (Å²) in [6.45, 7) is 8.12. The number of aliphatic carboxylic acids is 1. The van der Waals surface area contributed by atoms with Crippen molar-refractivity contribution in [3.63, 3.8) is 0 Å². The van der Waals surface area contributed by atoms with Crippen LogP contribution in [0.15, 0.2) is 47.6 Å². The molecule has 0 bridgehead atoms. The fourth-order valence-corrected chi connectivity index (χ4v) is 5.26. The van der Waals surface area contributed by atoms with Crippen LogP contribution in [0.25, 0.3) is 11.1 Å². The lowest BCUT2D eigenvalue weighted by Crippen LogP contribution is -2.61. The minimum absolute atomic E-state index is 0.254. The standard InChI is InChI=1S/C27H32FN3O4/c1-3-34-23-14-19(4-9-22(23)20-5-7-21(28)8-6-20)16-30-17-27(18-30)15-24(29-35-27)31-12-10-26(2,11-13-31)25(32)33/h4-9,14H,3,10-13,15-18H2,1-2H3,(H,32,33). The lowest BCUT2D eigenvalue weighted by molar-refractivity contribution is -0.150. The summed E-state index contributed by atoms with van der Waals surface area (Å²) in [6.07, 6.45) is 2.01. The molecule has 3 aliphatic heterocycles. The average molecular weight is 482 g/mol. The van der Waals surface area contributed by atoms with Crippen molar-refractivity contribution in [1.82, 2.24) is 9.80 Å². The van der Waals surface area contributed by atoms with Crippen molar-refractivity contribution in [3.8, 4) is 16.9 Å². The number of halogens is 1. The highest BCUT2D eigenvalue weighted by Crippen LogP contribution is 2.39. The molecule has 0 unspecified atom stereocenters. The van der Waals surface area contributed by atoms with Gasteiger partial charge in [-0.25, -0.2) is 4.39 Å². The molecular formula is C27H32FN3O4. The monoisotopic (exact) mass is 481 g/mol. The Kier molecular flexibility index (Phi) is 6.17. The molecule has 0 saturated carbocycles. The first kappa shape index (κ1) is 23.6. The summed E-state index contributed by atoms with van der Waals surface area (Å²) in [5, 5.41) is 13.8. The van der Waals surface area contributed by atoms with Crippen LogP contribution in [-0.2, 0) is 16.2 Å². The van der Waals surface area contributed by atoms with E-state index < -0.39 is 11.4 Å². The largest absolute Gasteiger partial charge is 0.493 e. The van der Waals surface area contributed by atoms with E-state index in [2.05, 4.69) is 27.1 Å².